The lowest BCUT2D eigenvalue weighted by Crippen LogP contribution is -2.48. The molecule has 1 aliphatic heterocycles. The molecule has 1 aliphatic rings. The molecular formula is C12H15FN2O2. The Balaban J connectivity index is 2.22. The minimum atomic E-state index is -1.01. The Hall–Kier alpha value is -1.62. The zero-order chi connectivity index (χ0) is 12.5. The maximum atomic E-state index is 13.0. The standard InChI is InChI=1S/C12H15FN2O2/c1-15-6-5-12(8-15,11(16)17)14-10-4-2-3-9(13)7-10/h2-4,7,14H,5-6,8H2,1H3,(H,16,17). The number of likely N-dealkylation sites (N-methyl/N-ethyl adjacent to an activating group) is 1. The Kier molecular flexibility index (Phi) is 3.02. The lowest BCUT2D eigenvalue weighted by Gasteiger charge is -2.26. The minimum absolute atomic E-state index is 0.373. The number of nitrogens with zero attached hydrogens (tertiary/aromatic N) is 1. The van der Waals surface area contributed by atoms with Gasteiger partial charge in [-0.1, -0.05) is 6.07 Å². The molecule has 0 spiro atoms. The predicted molar refractivity (Wildman–Crippen MR) is 62.5 cm³/mol. The summed E-state index contributed by atoms with van der Waals surface area (Å²) in [5.74, 6) is -1.27. The molecule has 1 fully saturated rings. The predicted octanol–water partition coefficient (Wildman–Crippen LogP) is 1.40. The van der Waals surface area contributed by atoms with Gasteiger partial charge in [0.25, 0.3) is 0 Å². The summed E-state index contributed by atoms with van der Waals surface area (Å²) in [6.45, 7) is 1.13. The van der Waals surface area contributed by atoms with Gasteiger partial charge < -0.3 is 15.3 Å². The highest BCUT2D eigenvalue weighted by molar-refractivity contribution is 5.83. The lowest BCUT2D eigenvalue weighted by atomic mass is 9.98. The second-order valence-corrected chi connectivity index (χ2v) is 4.51. The summed E-state index contributed by atoms with van der Waals surface area (Å²) in [5.41, 5.74) is -0.509. The summed E-state index contributed by atoms with van der Waals surface area (Å²) in [5, 5.41) is 12.3. The van der Waals surface area contributed by atoms with Gasteiger partial charge in [-0.25, -0.2) is 9.18 Å². The molecule has 1 atom stereocenters. The number of halogens is 1. The van der Waals surface area contributed by atoms with Gasteiger partial charge in [0.2, 0.25) is 0 Å². The van der Waals surface area contributed by atoms with Crippen LogP contribution in [0.2, 0.25) is 0 Å². The average molecular weight is 238 g/mol. The van der Waals surface area contributed by atoms with Crippen LogP contribution in [-0.2, 0) is 4.79 Å². The third-order valence-electron chi connectivity index (χ3n) is 3.08. The zero-order valence-electron chi connectivity index (χ0n) is 9.61. The molecule has 1 heterocycles. The topological polar surface area (TPSA) is 52.6 Å². The first kappa shape index (κ1) is 11.9. The van der Waals surface area contributed by atoms with E-state index in [1.165, 1.54) is 12.1 Å². The van der Waals surface area contributed by atoms with Crippen LogP contribution in [0, 0.1) is 5.82 Å². The maximum absolute atomic E-state index is 13.0. The average Bonchev–Trinajstić information content (AvgIpc) is 2.61. The van der Waals surface area contributed by atoms with Gasteiger partial charge in [0.05, 0.1) is 0 Å². The van der Waals surface area contributed by atoms with Gasteiger partial charge >= 0.3 is 5.97 Å². The Morgan fingerprint density at radius 1 is 1.59 bits per heavy atom. The number of carboxylic acids is 1. The van der Waals surface area contributed by atoms with Crippen LogP contribution in [0.4, 0.5) is 10.1 Å². The van der Waals surface area contributed by atoms with E-state index in [1.807, 2.05) is 11.9 Å². The number of hydrogen-bond donors (Lipinski definition) is 2. The van der Waals surface area contributed by atoms with Gasteiger partial charge in [0.15, 0.2) is 0 Å². The van der Waals surface area contributed by atoms with Gasteiger partial charge in [-0.05, 0) is 31.7 Å². The smallest absolute Gasteiger partial charge is 0.330 e. The van der Waals surface area contributed by atoms with Crippen LogP contribution in [0.3, 0.4) is 0 Å². The van der Waals surface area contributed by atoms with E-state index in [0.717, 1.165) is 0 Å². The first-order chi connectivity index (χ1) is 8.02. The summed E-state index contributed by atoms with van der Waals surface area (Å²) in [4.78, 5) is 13.3. The maximum Gasteiger partial charge on any atom is 0.330 e. The van der Waals surface area contributed by atoms with Crippen molar-refractivity contribution in [1.29, 1.82) is 0 Å². The number of benzene rings is 1. The van der Waals surface area contributed by atoms with Crippen molar-refractivity contribution in [2.75, 3.05) is 25.5 Å². The first-order valence-corrected chi connectivity index (χ1v) is 5.47. The Bertz CT molecular complexity index is 438. The molecule has 5 heteroatoms. The van der Waals surface area contributed by atoms with Crippen LogP contribution < -0.4 is 5.32 Å². The van der Waals surface area contributed by atoms with Crippen LogP contribution in [0.15, 0.2) is 24.3 Å². The normalized spacial score (nSPS) is 24.8. The van der Waals surface area contributed by atoms with Crippen LogP contribution in [0.5, 0.6) is 0 Å². The monoisotopic (exact) mass is 238 g/mol. The molecule has 0 amide bonds. The highest BCUT2D eigenvalue weighted by atomic mass is 19.1. The zero-order valence-corrected chi connectivity index (χ0v) is 9.61. The summed E-state index contributed by atoms with van der Waals surface area (Å²) in [6.07, 6.45) is 0.509. The Morgan fingerprint density at radius 2 is 2.35 bits per heavy atom. The quantitative estimate of drug-likeness (QED) is 0.835. The molecule has 92 valence electrons. The van der Waals surface area contributed by atoms with Crippen molar-refractivity contribution in [1.82, 2.24) is 4.90 Å². The third-order valence-corrected chi connectivity index (χ3v) is 3.08. The van der Waals surface area contributed by atoms with Crippen LogP contribution >= 0.6 is 0 Å². The van der Waals surface area contributed by atoms with E-state index in [0.29, 0.717) is 25.2 Å². The summed E-state index contributed by atoms with van der Waals surface area (Å²) in [7, 11) is 1.87. The molecular weight excluding hydrogens is 223 g/mol. The molecule has 1 saturated heterocycles. The van der Waals surface area contributed by atoms with Crippen LogP contribution in [-0.4, -0.2) is 41.7 Å². The highest BCUT2D eigenvalue weighted by Gasteiger charge is 2.43. The molecule has 1 aromatic carbocycles. The number of hydrogen-bond acceptors (Lipinski definition) is 3. The lowest BCUT2D eigenvalue weighted by molar-refractivity contribution is -0.141. The van der Waals surface area contributed by atoms with Gasteiger partial charge in [0.1, 0.15) is 11.4 Å². The summed E-state index contributed by atoms with van der Waals surface area (Å²) >= 11 is 0. The van der Waals surface area contributed by atoms with Gasteiger partial charge in [0, 0.05) is 18.8 Å². The first-order valence-electron chi connectivity index (χ1n) is 5.47. The molecule has 1 unspecified atom stereocenters. The van der Waals surface area contributed by atoms with E-state index in [4.69, 9.17) is 0 Å². The second-order valence-electron chi connectivity index (χ2n) is 4.51. The molecule has 2 N–H and O–H groups in total. The number of nitrogens with one attached hydrogen (secondary N) is 1. The van der Waals surface area contributed by atoms with Crippen LogP contribution in [0.1, 0.15) is 6.42 Å². The van der Waals surface area contributed by atoms with Crippen molar-refractivity contribution in [2.45, 2.75) is 12.0 Å². The molecule has 0 aliphatic carbocycles. The Morgan fingerprint density at radius 3 is 2.88 bits per heavy atom. The van der Waals surface area contributed by atoms with Gasteiger partial charge in [-0.3, -0.25) is 0 Å². The highest BCUT2D eigenvalue weighted by Crippen LogP contribution is 2.26. The van der Waals surface area contributed by atoms with Gasteiger partial charge in [-0.15, -0.1) is 0 Å². The fraction of sp³-hybridized carbons (Fsp3) is 0.417. The van der Waals surface area contributed by atoms with Gasteiger partial charge in [-0.2, -0.15) is 0 Å². The number of anilines is 1. The summed E-state index contributed by atoms with van der Waals surface area (Å²) in [6, 6.07) is 5.88. The van der Waals surface area contributed by atoms with E-state index in [2.05, 4.69) is 5.32 Å². The van der Waals surface area contributed by atoms with Crippen molar-refractivity contribution in [3.05, 3.63) is 30.1 Å². The molecule has 17 heavy (non-hydrogen) atoms. The largest absolute Gasteiger partial charge is 0.479 e. The fourth-order valence-corrected chi connectivity index (χ4v) is 2.17. The van der Waals surface area contributed by atoms with E-state index in [9.17, 15) is 14.3 Å². The van der Waals surface area contributed by atoms with Crippen molar-refractivity contribution in [3.8, 4) is 0 Å². The second kappa shape index (κ2) is 4.33. The molecule has 2 rings (SSSR count). The van der Waals surface area contributed by atoms with E-state index in [-0.39, 0.29) is 5.82 Å². The van der Waals surface area contributed by atoms with Crippen molar-refractivity contribution in [3.63, 3.8) is 0 Å². The number of rotatable bonds is 3. The molecule has 0 aromatic heterocycles. The van der Waals surface area contributed by atoms with Crippen molar-refractivity contribution in [2.24, 2.45) is 0 Å². The Labute approximate surface area is 99.0 Å². The number of likely N-dealkylation sites (tertiary alicyclic amines) is 1. The van der Waals surface area contributed by atoms with E-state index < -0.39 is 11.5 Å². The van der Waals surface area contributed by atoms with E-state index in [1.54, 1.807) is 12.1 Å². The number of carboxylic acid groups (broad SMARTS) is 1. The SMILES string of the molecule is CN1CCC(Nc2cccc(F)c2)(C(=O)O)C1. The molecule has 1 aromatic rings. The van der Waals surface area contributed by atoms with Crippen molar-refractivity contribution < 1.29 is 14.3 Å². The number of aliphatic carboxylic acids is 1. The van der Waals surface area contributed by atoms with Crippen LogP contribution in [0.25, 0.3) is 0 Å². The molecule has 4 nitrogen and oxygen atoms in total. The molecule has 0 bridgehead atoms. The molecule has 0 saturated carbocycles. The summed E-state index contributed by atoms with van der Waals surface area (Å²) < 4.78 is 13.0. The van der Waals surface area contributed by atoms with Crippen molar-refractivity contribution >= 4 is 11.7 Å². The van der Waals surface area contributed by atoms with E-state index >= 15 is 0 Å². The fourth-order valence-electron chi connectivity index (χ4n) is 2.17. The molecule has 0 radical (unpaired) electrons. The minimum Gasteiger partial charge on any atom is -0.479 e. The number of carbonyl (C=O) groups is 1. The third kappa shape index (κ3) is 2.39.